The molecule has 1 fully saturated rings. The van der Waals surface area contributed by atoms with Crippen molar-refractivity contribution in [3.8, 4) is 0 Å². The summed E-state index contributed by atoms with van der Waals surface area (Å²) in [6.07, 6.45) is 5.05. The molecule has 1 saturated carbocycles. The molecule has 1 amide bonds. The minimum Gasteiger partial charge on any atom is -0.384 e. The number of nitrogens with one attached hydrogen (secondary N) is 1. The fraction of sp³-hybridized carbons (Fsp3) is 0.923. The summed E-state index contributed by atoms with van der Waals surface area (Å²) in [6.45, 7) is 3.49. The normalized spacial score (nSPS) is 26.5. The maximum absolute atomic E-state index is 11.6. The van der Waals surface area contributed by atoms with E-state index in [0.717, 1.165) is 32.2 Å². The first-order valence-electron chi connectivity index (χ1n) is 6.63. The molecular formula is C13H26N2O2. The van der Waals surface area contributed by atoms with Crippen molar-refractivity contribution in [1.82, 2.24) is 5.32 Å². The number of rotatable bonds is 6. The number of hydrogen-bond donors (Lipinski definition) is 2. The number of ether oxygens (including phenoxy) is 1. The molecule has 100 valence electrons. The summed E-state index contributed by atoms with van der Waals surface area (Å²) in [5, 5.41) is 3.02. The smallest absolute Gasteiger partial charge is 0.220 e. The van der Waals surface area contributed by atoms with Crippen molar-refractivity contribution in [3.63, 3.8) is 0 Å². The predicted octanol–water partition coefficient (Wildman–Crippen LogP) is 1.29. The molecule has 0 aromatic carbocycles. The topological polar surface area (TPSA) is 64.3 Å². The Kier molecular flexibility index (Phi) is 6.52. The van der Waals surface area contributed by atoms with E-state index >= 15 is 0 Å². The van der Waals surface area contributed by atoms with Crippen LogP contribution in [0, 0.1) is 11.8 Å². The van der Waals surface area contributed by atoms with Crippen molar-refractivity contribution in [2.45, 2.75) is 45.1 Å². The van der Waals surface area contributed by atoms with Crippen LogP contribution in [0.1, 0.15) is 39.0 Å². The van der Waals surface area contributed by atoms with E-state index in [9.17, 15) is 4.79 Å². The first kappa shape index (κ1) is 14.5. The van der Waals surface area contributed by atoms with Crippen LogP contribution in [0.2, 0.25) is 0 Å². The van der Waals surface area contributed by atoms with Gasteiger partial charge >= 0.3 is 0 Å². The number of amides is 1. The molecule has 0 spiro atoms. The van der Waals surface area contributed by atoms with Gasteiger partial charge in [-0.2, -0.15) is 0 Å². The summed E-state index contributed by atoms with van der Waals surface area (Å²) in [7, 11) is 1.67. The lowest BCUT2D eigenvalue weighted by Crippen LogP contribution is -2.34. The molecule has 4 heteroatoms. The Balaban J connectivity index is 2.11. The van der Waals surface area contributed by atoms with E-state index in [2.05, 4.69) is 5.32 Å². The average molecular weight is 242 g/mol. The highest BCUT2D eigenvalue weighted by Crippen LogP contribution is 2.22. The standard InChI is InChI=1S/C13H26N2O2/c1-10(9-17-2)7-13(16)15-8-11-3-5-12(14)6-4-11/h10-12H,3-9,14H2,1-2H3,(H,15,16). The second kappa shape index (κ2) is 7.67. The van der Waals surface area contributed by atoms with Gasteiger partial charge in [-0.1, -0.05) is 6.92 Å². The molecule has 4 nitrogen and oxygen atoms in total. The van der Waals surface area contributed by atoms with E-state index in [1.54, 1.807) is 7.11 Å². The molecule has 0 aromatic rings. The maximum atomic E-state index is 11.6. The Morgan fingerprint density at radius 3 is 2.65 bits per heavy atom. The zero-order chi connectivity index (χ0) is 12.7. The van der Waals surface area contributed by atoms with Gasteiger partial charge in [0.25, 0.3) is 0 Å². The minimum absolute atomic E-state index is 0.143. The van der Waals surface area contributed by atoms with Crippen molar-refractivity contribution in [2.75, 3.05) is 20.3 Å². The Bertz CT molecular complexity index is 225. The second-order valence-electron chi connectivity index (χ2n) is 5.35. The van der Waals surface area contributed by atoms with Gasteiger partial charge in [0, 0.05) is 32.7 Å². The van der Waals surface area contributed by atoms with Crippen molar-refractivity contribution in [1.29, 1.82) is 0 Å². The number of carbonyl (C=O) groups excluding carboxylic acids is 1. The van der Waals surface area contributed by atoms with Gasteiger partial charge in [0.1, 0.15) is 0 Å². The summed E-state index contributed by atoms with van der Waals surface area (Å²) < 4.78 is 5.02. The third-order valence-corrected chi connectivity index (χ3v) is 3.46. The lowest BCUT2D eigenvalue weighted by atomic mass is 9.86. The van der Waals surface area contributed by atoms with E-state index in [1.165, 1.54) is 0 Å². The Morgan fingerprint density at radius 2 is 2.06 bits per heavy atom. The zero-order valence-electron chi connectivity index (χ0n) is 11.1. The lowest BCUT2D eigenvalue weighted by Gasteiger charge is -2.26. The van der Waals surface area contributed by atoms with E-state index in [1.807, 2.05) is 6.92 Å². The zero-order valence-corrected chi connectivity index (χ0v) is 11.1. The fourth-order valence-electron chi connectivity index (χ4n) is 2.38. The van der Waals surface area contributed by atoms with E-state index in [4.69, 9.17) is 10.5 Å². The van der Waals surface area contributed by atoms with Gasteiger partial charge < -0.3 is 15.8 Å². The highest BCUT2D eigenvalue weighted by molar-refractivity contribution is 5.76. The third kappa shape index (κ3) is 6.03. The SMILES string of the molecule is COCC(C)CC(=O)NCC1CCC(N)CC1. The van der Waals surface area contributed by atoms with Crippen LogP contribution in [0.25, 0.3) is 0 Å². The molecule has 0 saturated heterocycles. The largest absolute Gasteiger partial charge is 0.384 e. The number of methoxy groups -OCH3 is 1. The van der Waals surface area contributed by atoms with Crippen LogP contribution >= 0.6 is 0 Å². The van der Waals surface area contributed by atoms with Crippen molar-refractivity contribution in [2.24, 2.45) is 17.6 Å². The Hall–Kier alpha value is -0.610. The number of nitrogens with two attached hydrogens (primary N) is 1. The molecule has 0 heterocycles. The summed E-state index contributed by atoms with van der Waals surface area (Å²) in [6, 6.07) is 0.378. The Morgan fingerprint density at radius 1 is 1.41 bits per heavy atom. The van der Waals surface area contributed by atoms with Gasteiger partial charge in [-0.3, -0.25) is 4.79 Å². The fourth-order valence-corrected chi connectivity index (χ4v) is 2.38. The van der Waals surface area contributed by atoms with Crippen LogP contribution in [0.5, 0.6) is 0 Å². The Labute approximate surface area is 104 Å². The molecule has 0 aromatic heterocycles. The van der Waals surface area contributed by atoms with Gasteiger partial charge in [0.15, 0.2) is 0 Å². The molecular weight excluding hydrogens is 216 g/mol. The summed E-state index contributed by atoms with van der Waals surface area (Å²) in [5.41, 5.74) is 5.85. The third-order valence-electron chi connectivity index (χ3n) is 3.46. The van der Waals surface area contributed by atoms with E-state index in [-0.39, 0.29) is 5.91 Å². The maximum Gasteiger partial charge on any atom is 0.220 e. The molecule has 1 rings (SSSR count). The molecule has 17 heavy (non-hydrogen) atoms. The van der Waals surface area contributed by atoms with E-state index < -0.39 is 0 Å². The summed E-state index contributed by atoms with van der Waals surface area (Å²) >= 11 is 0. The number of carbonyl (C=O) groups is 1. The second-order valence-corrected chi connectivity index (χ2v) is 5.35. The van der Waals surface area contributed by atoms with Crippen LogP contribution in [0.15, 0.2) is 0 Å². The molecule has 1 atom stereocenters. The molecule has 0 aliphatic heterocycles. The van der Waals surface area contributed by atoms with Crippen LogP contribution in [-0.4, -0.2) is 32.2 Å². The average Bonchev–Trinajstić information content (AvgIpc) is 2.28. The van der Waals surface area contributed by atoms with Crippen LogP contribution in [0.4, 0.5) is 0 Å². The first-order valence-corrected chi connectivity index (χ1v) is 6.63. The molecule has 3 N–H and O–H groups in total. The van der Waals surface area contributed by atoms with Gasteiger partial charge in [-0.15, -0.1) is 0 Å². The molecule has 1 aliphatic carbocycles. The number of hydrogen-bond acceptors (Lipinski definition) is 3. The first-order chi connectivity index (χ1) is 8.11. The van der Waals surface area contributed by atoms with Crippen LogP contribution in [-0.2, 0) is 9.53 Å². The predicted molar refractivity (Wildman–Crippen MR) is 68.6 cm³/mol. The van der Waals surface area contributed by atoms with Crippen molar-refractivity contribution < 1.29 is 9.53 Å². The highest BCUT2D eigenvalue weighted by Gasteiger charge is 2.19. The lowest BCUT2D eigenvalue weighted by molar-refractivity contribution is -0.122. The van der Waals surface area contributed by atoms with Gasteiger partial charge in [-0.05, 0) is 37.5 Å². The minimum atomic E-state index is 0.143. The summed E-state index contributed by atoms with van der Waals surface area (Å²) in [5.74, 6) is 1.06. The summed E-state index contributed by atoms with van der Waals surface area (Å²) in [4.78, 5) is 11.6. The van der Waals surface area contributed by atoms with Crippen molar-refractivity contribution in [3.05, 3.63) is 0 Å². The van der Waals surface area contributed by atoms with Gasteiger partial charge in [0.2, 0.25) is 5.91 Å². The highest BCUT2D eigenvalue weighted by atomic mass is 16.5. The van der Waals surface area contributed by atoms with Gasteiger partial charge in [0.05, 0.1) is 0 Å². The van der Waals surface area contributed by atoms with E-state index in [0.29, 0.717) is 30.9 Å². The van der Waals surface area contributed by atoms with Gasteiger partial charge in [-0.25, -0.2) is 0 Å². The molecule has 1 aliphatic rings. The van der Waals surface area contributed by atoms with Crippen LogP contribution in [0.3, 0.4) is 0 Å². The van der Waals surface area contributed by atoms with Crippen molar-refractivity contribution >= 4 is 5.91 Å². The molecule has 0 bridgehead atoms. The monoisotopic (exact) mass is 242 g/mol. The van der Waals surface area contributed by atoms with Crippen LogP contribution < -0.4 is 11.1 Å². The molecule has 0 radical (unpaired) electrons. The molecule has 1 unspecified atom stereocenters. The quantitative estimate of drug-likeness (QED) is 0.737.